The number of non-ortho nitro benzene ring substituents is 1. The molecule has 5 rings (SSSR count). The molecule has 0 fully saturated rings. The Labute approximate surface area is 231 Å². The van der Waals surface area contributed by atoms with Crippen LogP contribution in [0, 0.1) is 21.4 Å². The number of nitro benzene ring substituents is 1. The molecule has 5 aromatic rings. The Balaban J connectivity index is 1.77. The fraction of sp³-hybridized carbons (Fsp3) is 0.0690. The minimum Gasteiger partial charge on any atom is -0.497 e. The molecular weight excluding hydrogens is 528 g/mol. The average molecular weight is 549 g/mol. The molecule has 12 nitrogen and oxygen atoms in total. The van der Waals surface area contributed by atoms with Crippen molar-refractivity contribution in [2.45, 2.75) is 0 Å². The lowest BCUT2D eigenvalue weighted by atomic mass is 10.1. The zero-order valence-electron chi connectivity index (χ0n) is 21.7. The zero-order valence-corrected chi connectivity index (χ0v) is 21.7. The Morgan fingerprint density at radius 1 is 0.927 bits per heavy atom. The second-order valence-corrected chi connectivity index (χ2v) is 8.63. The van der Waals surface area contributed by atoms with E-state index in [0.29, 0.717) is 28.3 Å². The second-order valence-electron chi connectivity index (χ2n) is 8.63. The van der Waals surface area contributed by atoms with Gasteiger partial charge in [-0.15, -0.1) is 0 Å². The highest BCUT2D eigenvalue weighted by Gasteiger charge is 2.20. The molecule has 0 aliphatic heterocycles. The number of methoxy groups -OCH3 is 2. The quantitative estimate of drug-likeness (QED) is 0.169. The molecule has 0 N–H and O–H groups in total. The molecule has 3 aromatic carbocycles. The van der Waals surface area contributed by atoms with Gasteiger partial charge in [-0.25, -0.2) is 0 Å². The normalized spacial score (nSPS) is 11.0. The molecule has 0 aliphatic carbocycles. The fourth-order valence-corrected chi connectivity index (χ4v) is 4.14. The highest BCUT2D eigenvalue weighted by atomic mass is 16.6. The van der Waals surface area contributed by atoms with Gasteiger partial charge in [-0.3, -0.25) is 19.7 Å². The van der Waals surface area contributed by atoms with E-state index in [1.807, 2.05) is 6.07 Å². The van der Waals surface area contributed by atoms with Crippen molar-refractivity contribution in [3.05, 3.63) is 121 Å². The largest absolute Gasteiger partial charge is 0.497 e. The van der Waals surface area contributed by atoms with Crippen molar-refractivity contribution < 1.29 is 14.4 Å². The van der Waals surface area contributed by atoms with E-state index in [9.17, 15) is 25.0 Å². The highest BCUT2D eigenvalue weighted by molar-refractivity contribution is 5.87. The average Bonchev–Trinajstić information content (AvgIpc) is 3.00. The first-order valence-electron chi connectivity index (χ1n) is 12.1. The van der Waals surface area contributed by atoms with Gasteiger partial charge in [0.2, 0.25) is 0 Å². The summed E-state index contributed by atoms with van der Waals surface area (Å²) in [5.74, 6) is 1.25. The topological polar surface area (TPSA) is 155 Å². The van der Waals surface area contributed by atoms with E-state index in [1.54, 1.807) is 55.6 Å². The van der Waals surface area contributed by atoms with Crippen molar-refractivity contribution >= 4 is 22.8 Å². The predicted octanol–water partition coefficient (Wildman–Crippen LogP) is 3.89. The molecule has 0 saturated heterocycles. The third-order valence-electron chi connectivity index (χ3n) is 6.28. The van der Waals surface area contributed by atoms with Crippen molar-refractivity contribution in [3.8, 4) is 34.5 Å². The van der Waals surface area contributed by atoms with E-state index in [0.717, 1.165) is 9.36 Å². The molecule has 0 aliphatic rings. The fourth-order valence-electron chi connectivity index (χ4n) is 4.14. The maximum atomic E-state index is 13.9. The number of hydrogen-bond acceptors (Lipinski definition) is 9. The Bertz CT molecular complexity index is 1970. The second kappa shape index (κ2) is 11.0. The van der Waals surface area contributed by atoms with Gasteiger partial charge < -0.3 is 9.47 Å². The summed E-state index contributed by atoms with van der Waals surface area (Å²) < 4.78 is 12.4. The van der Waals surface area contributed by atoms with E-state index in [4.69, 9.17) is 9.47 Å². The minimum atomic E-state index is -0.784. The molecule has 0 saturated carbocycles. The van der Waals surface area contributed by atoms with Crippen LogP contribution >= 0.6 is 0 Å². The van der Waals surface area contributed by atoms with Crippen molar-refractivity contribution in [2.75, 3.05) is 14.2 Å². The third-order valence-corrected chi connectivity index (χ3v) is 6.28. The van der Waals surface area contributed by atoms with Crippen LogP contribution in [0.5, 0.6) is 11.5 Å². The van der Waals surface area contributed by atoms with Crippen molar-refractivity contribution in [1.29, 1.82) is 5.26 Å². The molecule has 41 heavy (non-hydrogen) atoms. The summed E-state index contributed by atoms with van der Waals surface area (Å²) in [7, 11) is 3.08. The number of nitrogens with zero attached hydrogens (tertiary/aromatic N) is 6. The van der Waals surface area contributed by atoms with Crippen molar-refractivity contribution in [1.82, 2.24) is 14.5 Å². The molecule has 0 unspecified atom stereocenters. The van der Waals surface area contributed by atoms with Gasteiger partial charge in [0.15, 0.2) is 5.52 Å². The highest BCUT2D eigenvalue weighted by Crippen LogP contribution is 2.25. The number of rotatable bonds is 7. The molecule has 2 aromatic heterocycles. The Morgan fingerprint density at radius 3 is 2.10 bits per heavy atom. The van der Waals surface area contributed by atoms with Crippen LogP contribution in [0.3, 0.4) is 0 Å². The summed E-state index contributed by atoms with van der Waals surface area (Å²) >= 11 is 0. The summed E-state index contributed by atoms with van der Waals surface area (Å²) in [6.07, 6.45) is 1.48. The first kappa shape index (κ1) is 26.5. The number of ether oxygens (including phenoxy) is 2. The number of aromatic nitrogens is 3. The lowest BCUT2D eigenvalue weighted by Gasteiger charge is -2.13. The lowest BCUT2D eigenvalue weighted by Crippen LogP contribution is -2.29. The van der Waals surface area contributed by atoms with Gasteiger partial charge in [0.05, 0.1) is 36.7 Å². The van der Waals surface area contributed by atoms with Gasteiger partial charge in [0.1, 0.15) is 23.1 Å². The van der Waals surface area contributed by atoms with Crippen LogP contribution in [0.2, 0.25) is 0 Å². The summed E-state index contributed by atoms with van der Waals surface area (Å²) in [6.45, 7) is 0. The van der Waals surface area contributed by atoms with Gasteiger partial charge in [0.25, 0.3) is 16.8 Å². The molecular formula is C29H20N6O6. The van der Waals surface area contributed by atoms with Crippen LogP contribution < -0.4 is 20.6 Å². The molecule has 0 spiro atoms. The Hall–Kier alpha value is -6.09. The SMILES string of the molecule is COc1ccc(C=Nn2c(-c3ccc(OC)cc3)cc3c(C#N)c(=O)n(-c4ccc([N+](=O)[O-])cc4)nc3c2=O)cc1. The first-order chi connectivity index (χ1) is 19.8. The number of benzene rings is 3. The minimum absolute atomic E-state index is 0.0439. The third kappa shape index (κ3) is 5.02. The maximum absolute atomic E-state index is 13.9. The van der Waals surface area contributed by atoms with Gasteiger partial charge in [0, 0.05) is 23.1 Å². The van der Waals surface area contributed by atoms with Crippen LogP contribution in [0.15, 0.2) is 93.6 Å². The smallest absolute Gasteiger partial charge is 0.299 e. The summed E-state index contributed by atoms with van der Waals surface area (Å²) in [5, 5.41) is 29.8. The van der Waals surface area contributed by atoms with Crippen LogP contribution in [0.1, 0.15) is 11.1 Å². The Kier molecular flexibility index (Phi) is 7.08. The van der Waals surface area contributed by atoms with Gasteiger partial charge in [-0.05, 0) is 72.3 Å². The van der Waals surface area contributed by atoms with E-state index in [1.165, 1.54) is 43.7 Å². The van der Waals surface area contributed by atoms with Gasteiger partial charge in [-0.2, -0.15) is 24.8 Å². The standard InChI is InChI=1S/C29H20N6O6/c1-40-22-11-3-18(4-12-22)17-31-34-26(19-5-13-23(41-2)14-6-19)15-24-25(16-30)28(36)33(32-27(24)29(34)37)20-7-9-21(10-8-20)35(38)39/h3-15,17H,1-2H3. The van der Waals surface area contributed by atoms with Crippen LogP contribution in [0.25, 0.3) is 27.8 Å². The van der Waals surface area contributed by atoms with Crippen LogP contribution in [-0.2, 0) is 0 Å². The summed E-state index contributed by atoms with van der Waals surface area (Å²) in [5.41, 5.74) is -0.469. The molecule has 202 valence electrons. The van der Waals surface area contributed by atoms with Crippen LogP contribution in [-0.4, -0.2) is 39.8 Å². The van der Waals surface area contributed by atoms with E-state index >= 15 is 0 Å². The maximum Gasteiger partial charge on any atom is 0.299 e. The zero-order chi connectivity index (χ0) is 29.1. The number of hydrogen-bond donors (Lipinski definition) is 0. The van der Waals surface area contributed by atoms with Crippen molar-refractivity contribution in [2.24, 2.45) is 5.10 Å². The number of nitriles is 1. The van der Waals surface area contributed by atoms with Crippen LogP contribution in [0.4, 0.5) is 5.69 Å². The Morgan fingerprint density at radius 2 is 1.54 bits per heavy atom. The van der Waals surface area contributed by atoms with Crippen molar-refractivity contribution in [3.63, 3.8) is 0 Å². The molecule has 0 radical (unpaired) electrons. The summed E-state index contributed by atoms with van der Waals surface area (Å²) in [6, 6.07) is 22.3. The summed E-state index contributed by atoms with van der Waals surface area (Å²) in [4.78, 5) is 37.7. The van der Waals surface area contributed by atoms with Gasteiger partial charge >= 0.3 is 0 Å². The predicted molar refractivity (Wildman–Crippen MR) is 151 cm³/mol. The molecule has 0 amide bonds. The van der Waals surface area contributed by atoms with E-state index in [-0.39, 0.29) is 27.8 Å². The van der Waals surface area contributed by atoms with E-state index in [2.05, 4.69) is 10.2 Å². The monoisotopic (exact) mass is 548 g/mol. The number of fused-ring (bicyclic) bond motifs is 1. The molecule has 2 heterocycles. The molecule has 12 heteroatoms. The molecule has 0 atom stereocenters. The van der Waals surface area contributed by atoms with Gasteiger partial charge in [-0.1, -0.05) is 0 Å². The number of nitro groups is 1. The first-order valence-corrected chi connectivity index (χ1v) is 12.1. The lowest BCUT2D eigenvalue weighted by molar-refractivity contribution is -0.384. The van der Waals surface area contributed by atoms with E-state index < -0.39 is 16.0 Å². The number of pyridine rings is 1. The molecule has 0 bridgehead atoms.